The zero-order valence-electron chi connectivity index (χ0n) is 10.1. The van der Waals surface area contributed by atoms with Gasteiger partial charge in [0.25, 0.3) is 0 Å². The Morgan fingerprint density at radius 2 is 2.11 bits per heavy atom. The van der Waals surface area contributed by atoms with E-state index in [4.69, 9.17) is 9.47 Å². The molecule has 0 unspecified atom stereocenters. The van der Waals surface area contributed by atoms with Gasteiger partial charge in [-0.3, -0.25) is 4.79 Å². The van der Waals surface area contributed by atoms with Gasteiger partial charge >= 0.3 is 0 Å². The predicted octanol–water partition coefficient (Wildman–Crippen LogP) is 1.95. The van der Waals surface area contributed by atoms with E-state index in [1.807, 2.05) is 0 Å². The quantitative estimate of drug-likeness (QED) is 0.888. The van der Waals surface area contributed by atoms with Crippen LogP contribution in [0.2, 0.25) is 0 Å². The first-order chi connectivity index (χ1) is 8.66. The lowest BCUT2D eigenvalue weighted by Crippen LogP contribution is -2.32. The minimum absolute atomic E-state index is 0.00553. The molecule has 1 aliphatic carbocycles. The Morgan fingerprint density at radius 3 is 2.89 bits per heavy atom. The normalized spacial score (nSPS) is 20.6. The Hall–Kier alpha value is -1.55. The number of aliphatic hydroxyl groups is 1. The van der Waals surface area contributed by atoms with E-state index >= 15 is 0 Å². The van der Waals surface area contributed by atoms with Crippen LogP contribution < -0.4 is 9.47 Å². The van der Waals surface area contributed by atoms with Crippen molar-refractivity contribution in [3.05, 3.63) is 23.8 Å². The van der Waals surface area contributed by atoms with Crippen molar-refractivity contribution >= 4 is 5.78 Å². The van der Waals surface area contributed by atoms with Crippen molar-refractivity contribution in [1.29, 1.82) is 0 Å². The standard InChI is InChI=1S/C14H16O4/c15-12-8-17-13-7-10(3-4-11(12)13)18-9-14(16)5-1-2-6-14/h3-4,7,16H,1-2,5-6,8-9H2. The van der Waals surface area contributed by atoms with Crippen molar-refractivity contribution in [2.75, 3.05) is 13.2 Å². The van der Waals surface area contributed by atoms with Crippen molar-refractivity contribution in [2.24, 2.45) is 0 Å². The molecule has 0 bridgehead atoms. The number of rotatable bonds is 3. The molecule has 4 heteroatoms. The summed E-state index contributed by atoms with van der Waals surface area (Å²) >= 11 is 0. The Kier molecular flexibility index (Phi) is 2.74. The summed E-state index contributed by atoms with van der Waals surface area (Å²) < 4.78 is 10.9. The molecule has 96 valence electrons. The molecule has 1 aromatic carbocycles. The van der Waals surface area contributed by atoms with Gasteiger partial charge < -0.3 is 14.6 Å². The Labute approximate surface area is 106 Å². The number of fused-ring (bicyclic) bond motifs is 1. The van der Waals surface area contributed by atoms with Crippen LogP contribution in [0, 0.1) is 0 Å². The van der Waals surface area contributed by atoms with Crippen LogP contribution in [0.25, 0.3) is 0 Å². The Balaban J connectivity index is 1.69. The summed E-state index contributed by atoms with van der Waals surface area (Å²) in [7, 11) is 0. The van der Waals surface area contributed by atoms with Crippen LogP contribution in [0.5, 0.6) is 11.5 Å². The van der Waals surface area contributed by atoms with Crippen molar-refractivity contribution in [2.45, 2.75) is 31.3 Å². The summed E-state index contributed by atoms with van der Waals surface area (Å²) in [6.45, 7) is 0.419. The van der Waals surface area contributed by atoms with Gasteiger partial charge in [-0.2, -0.15) is 0 Å². The zero-order chi connectivity index (χ0) is 12.6. The van der Waals surface area contributed by atoms with E-state index in [9.17, 15) is 9.90 Å². The number of Topliss-reactive ketones (excluding diaryl/α,β-unsaturated/α-hetero) is 1. The number of ketones is 1. The van der Waals surface area contributed by atoms with Gasteiger partial charge in [-0.05, 0) is 25.0 Å². The average Bonchev–Trinajstić information content (AvgIpc) is 2.95. The SMILES string of the molecule is O=C1COc2cc(OCC3(O)CCCC3)ccc21. The minimum atomic E-state index is -0.685. The maximum atomic E-state index is 11.4. The molecule has 1 saturated carbocycles. The summed E-state index contributed by atoms with van der Waals surface area (Å²) in [4.78, 5) is 11.4. The molecule has 2 aliphatic rings. The molecule has 0 aromatic heterocycles. The molecule has 0 spiro atoms. The fraction of sp³-hybridized carbons (Fsp3) is 0.500. The summed E-state index contributed by atoms with van der Waals surface area (Å²) in [6, 6.07) is 5.20. The van der Waals surface area contributed by atoms with E-state index in [0.29, 0.717) is 23.7 Å². The van der Waals surface area contributed by atoms with Crippen molar-refractivity contribution in [1.82, 2.24) is 0 Å². The van der Waals surface area contributed by atoms with E-state index in [0.717, 1.165) is 25.7 Å². The molecule has 0 radical (unpaired) electrons. The molecular formula is C14H16O4. The Bertz CT molecular complexity index is 475. The highest BCUT2D eigenvalue weighted by molar-refractivity contribution is 6.02. The van der Waals surface area contributed by atoms with Crippen LogP contribution in [0.1, 0.15) is 36.0 Å². The molecule has 18 heavy (non-hydrogen) atoms. The fourth-order valence-electron chi connectivity index (χ4n) is 2.56. The van der Waals surface area contributed by atoms with Crippen LogP contribution in [0.3, 0.4) is 0 Å². The fourth-order valence-corrected chi connectivity index (χ4v) is 2.56. The average molecular weight is 248 g/mol. The van der Waals surface area contributed by atoms with E-state index < -0.39 is 5.60 Å². The second kappa shape index (κ2) is 4.28. The summed E-state index contributed by atoms with van der Waals surface area (Å²) in [5.41, 5.74) is -0.0719. The first-order valence-electron chi connectivity index (χ1n) is 6.32. The van der Waals surface area contributed by atoms with Gasteiger partial charge in [0.2, 0.25) is 5.78 Å². The molecule has 1 aliphatic heterocycles. The lowest BCUT2D eigenvalue weighted by Gasteiger charge is -2.22. The summed E-state index contributed by atoms with van der Waals surface area (Å²) in [6.07, 6.45) is 3.71. The number of carbonyl (C=O) groups excluding carboxylic acids is 1. The molecule has 0 amide bonds. The van der Waals surface area contributed by atoms with Gasteiger partial charge in [0.15, 0.2) is 6.61 Å². The predicted molar refractivity (Wildman–Crippen MR) is 65.2 cm³/mol. The van der Waals surface area contributed by atoms with Crippen LogP contribution in [0.4, 0.5) is 0 Å². The number of hydrogen-bond acceptors (Lipinski definition) is 4. The molecule has 3 rings (SSSR count). The van der Waals surface area contributed by atoms with E-state index in [-0.39, 0.29) is 12.4 Å². The third kappa shape index (κ3) is 2.08. The molecule has 1 aromatic rings. The highest BCUT2D eigenvalue weighted by Gasteiger charge is 2.32. The molecule has 1 heterocycles. The highest BCUT2D eigenvalue weighted by Crippen LogP contribution is 2.32. The highest BCUT2D eigenvalue weighted by atomic mass is 16.5. The van der Waals surface area contributed by atoms with Crippen LogP contribution in [0.15, 0.2) is 18.2 Å². The van der Waals surface area contributed by atoms with Gasteiger partial charge in [-0.25, -0.2) is 0 Å². The van der Waals surface area contributed by atoms with Crippen LogP contribution in [-0.2, 0) is 0 Å². The van der Waals surface area contributed by atoms with Crippen LogP contribution >= 0.6 is 0 Å². The van der Waals surface area contributed by atoms with E-state index in [1.54, 1.807) is 18.2 Å². The lowest BCUT2D eigenvalue weighted by molar-refractivity contribution is 0.00135. The zero-order valence-corrected chi connectivity index (χ0v) is 10.1. The maximum absolute atomic E-state index is 11.4. The van der Waals surface area contributed by atoms with Gasteiger partial charge in [0.1, 0.15) is 18.1 Å². The number of carbonyl (C=O) groups is 1. The third-order valence-electron chi connectivity index (χ3n) is 3.65. The molecule has 1 fully saturated rings. The van der Waals surface area contributed by atoms with Crippen molar-refractivity contribution in [3.63, 3.8) is 0 Å². The molecule has 0 atom stereocenters. The van der Waals surface area contributed by atoms with Crippen LogP contribution in [-0.4, -0.2) is 29.7 Å². The molecule has 0 saturated heterocycles. The number of benzene rings is 1. The second-order valence-corrected chi connectivity index (χ2v) is 5.09. The van der Waals surface area contributed by atoms with Crippen molar-refractivity contribution < 1.29 is 19.4 Å². The molecule has 1 N–H and O–H groups in total. The van der Waals surface area contributed by atoms with Gasteiger partial charge in [0, 0.05) is 6.07 Å². The maximum Gasteiger partial charge on any atom is 0.203 e. The summed E-state index contributed by atoms with van der Waals surface area (Å²) in [5.74, 6) is 1.23. The smallest absolute Gasteiger partial charge is 0.203 e. The number of ether oxygens (including phenoxy) is 2. The topological polar surface area (TPSA) is 55.8 Å². The van der Waals surface area contributed by atoms with Crippen molar-refractivity contribution in [3.8, 4) is 11.5 Å². The second-order valence-electron chi connectivity index (χ2n) is 5.09. The van der Waals surface area contributed by atoms with E-state index in [1.165, 1.54) is 0 Å². The summed E-state index contributed by atoms with van der Waals surface area (Å²) in [5, 5.41) is 10.2. The first kappa shape index (κ1) is 11.5. The van der Waals surface area contributed by atoms with E-state index in [2.05, 4.69) is 0 Å². The third-order valence-corrected chi connectivity index (χ3v) is 3.65. The Morgan fingerprint density at radius 1 is 1.33 bits per heavy atom. The molecule has 4 nitrogen and oxygen atoms in total. The van der Waals surface area contributed by atoms with Gasteiger partial charge in [0.05, 0.1) is 11.2 Å². The number of hydrogen-bond donors (Lipinski definition) is 1. The first-order valence-corrected chi connectivity index (χ1v) is 6.32. The minimum Gasteiger partial charge on any atom is -0.490 e. The lowest BCUT2D eigenvalue weighted by atomic mass is 10.0. The van der Waals surface area contributed by atoms with Gasteiger partial charge in [-0.1, -0.05) is 12.8 Å². The largest absolute Gasteiger partial charge is 0.490 e. The molecular weight excluding hydrogens is 232 g/mol. The monoisotopic (exact) mass is 248 g/mol. The van der Waals surface area contributed by atoms with Gasteiger partial charge in [-0.15, -0.1) is 0 Å².